The second kappa shape index (κ2) is 5.21. The van der Waals surface area contributed by atoms with E-state index in [1.165, 1.54) is 11.5 Å². The molecule has 0 aliphatic rings. The Morgan fingerprint density at radius 1 is 1.53 bits per heavy atom. The van der Waals surface area contributed by atoms with E-state index >= 15 is 0 Å². The molecule has 0 amide bonds. The van der Waals surface area contributed by atoms with E-state index in [2.05, 4.69) is 30.5 Å². The molecule has 0 saturated heterocycles. The van der Waals surface area contributed by atoms with Crippen LogP contribution in [-0.2, 0) is 0 Å². The van der Waals surface area contributed by atoms with Crippen molar-refractivity contribution in [2.24, 2.45) is 5.92 Å². The highest BCUT2D eigenvalue weighted by Crippen LogP contribution is 2.35. The molecule has 0 saturated carbocycles. The Kier molecular flexibility index (Phi) is 4.20. The summed E-state index contributed by atoms with van der Waals surface area (Å²) >= 11 is 1.35. The molecule has 3 N–H and O–H groups in total. The lowest BCUT2D eigenvalue weighted by Crippen LogP contribution is -2.22. The van der Waals surface area contributed by atoms with Gasteiger partial charge in [-0.25, -0.2) is 0 Å². The molecule has 1 heterocycles. The Labute approximate surface area is 95.0 Å². The lowest BCUT2D eigenvalue weighted by atomic mass is 10.0. The Bertz CT molecular complexity index is 314. The van der Waals surface area contributed by atoms with Crippen LogP contribution in [0.3, 0.4) is 0 Å². The van der Waals surface area contributed by atoms with Crippen LogP contribution >= 0.6 is 11.5 Å². The third-order valence-corrected chi connectivity index (χ3v) is 3.51. The number of anilines is 2. The van der Waals surface area contributed by atoms with Gasteiger partial charge in [-0.05, 0) is 24.4 Å². The van der Waals surface area contributed by atoms with Crippen molar-refractivity contribution in [3.63, 3.8) is 0 Å². The van der Waals surface area contributed by atoms with Crippen LogP contribution in [0.1, 0.15) is 27.2 Å². The van der Waals surface area contributed by atoms with E-state index in [9.17, 15) is 0 Å². The third kappa shape index (κ3) is 2.75. The highest BCUT2D eigenvalue weighted by Gasteiger charge is 2.16. The van der Waals surface area contributed by atoms with E-state index in [0.29, 0.717) is 23.5 Å². The predicted molar refractivity (Wildman–Crippen MR) is 65.6 cm³/mol. The molecular formula is C10H19N3OS. The number of ether oxygens (including phenoxy) is 1. The van der Waals surface area contributed by atoms with Crippen LogP contribution in [0.25, 0.3) is 0 Å². The van der Waals surface area contributed by atoms with Crippen LogP contribution in [0, 0.1) is 5.92 Å². The third-order valence-electron chi connectivity index (χ3n) is 2.73. The average Bonchev–Trinajstić information content (AvgIpc) is 2.57. The summed E-state index contributed by atoms with van der Waals surface area (Å²) in [6.45, 7) is 6.55. The summed E-state index contributed by atoms with van der Waals surface area (Å²) in [6, 6.07) is 0.392. The van der Waals surface area contributed by atoms with Gasteiger partial charge in [0.15, 0.2) is 16.6 Å². The van der Waals surface area contributed by atoms with E-state index in [0.717, 1.165) is 11.4 Å². The molecule has 4 nitrogen and oxygen atoms in total. The van der Waals surface area contributed by atoms with Crippen LogP contribution in [0.4, 0.5) is 10.8 Å². The van der Waals surface area contributed by atoms with Gasteiger partial charge in [-0.15, -0.1) is 0 Å². The minimum Gasteiger partial charge on any atom is -0.490 e. The first kappa shape index (κ1) is 12.1. The van der Waals surface area contributed by atoms with Gasteiger partial charge in [0, 0.05) is 6.04 Å². The standard InChI is InChI=1S/C10H19N3OS/c1-5-6(2)7(3)12-10-8(14-4)9(11)13-15-10/h6-7,12H,5H2,1-4H3,(H2,11,13). The molecule has 0 radical (unpaired) electrons. The first-order chi connectivity index (χ1) is 7.10. The zero-order chi connectivity index (χ0) is 11.4. The molecule has 0 fully saturated rings. The Balaban J connectivity index is 2.71. The van der Waals surface area contributed by atoms with Crippen LogP contribution in [0.15, 0.2) is 0 Å². The van der Waals surface area contributed by atoms with Crippen molar-refractivity contribution in [1.29, 1.82) is 0 Å². The normalized spacial score (nSPS) is 14.7. The molecule has 1 aromatic heterocycles. The molecule has 0 spiro atoms. The number of hydrogen-bond donors (Lipinski definition) is 2. The van der Waals surface area contributed by atoms with Crippen molar-refractivity contribution in [3.8, 4) is 5.75 Å². The van der Waals surface area contributed by atoms with E-state index in [-0.39, 0.29) is 0 Å². The summed E-state index contributed by atoms with van der Waals surface area (Å²) in [4.78, 5) is 0. The molecule has 2 atom stereocenters. The molecule has 0 bridgehead atoms. The van der Waals surface area contributed by atoms with Crippen LogP contribution in [0.5, 0.6) is 5.75 Å². The maximum absolute atomic E-state index is 5.67. The maximum Gasteiger partial charge on any atom is 0.197 e. The molecule has 2 unspecified atom stereocenters. The van der Waals surface area contributed by atoms with Gasteiger partial charge >= 0.3 is 0 Å². The van der Waals surface area contributed by atoms with E-state index in [1.54, 1.807) is 7.11 Å². The lowest BCUT2D eigenvalue weighted by Gasteiger charge is -2.20. The molecule has 86 valence electrons. The zero-order valence-corrected chi connectivity index (χ0v) is 10.5. The average molecular weight is 229 g/mol. The number of nitrogens with two attached hydrogens (primary N) is 1. The minimum absolute atomic E-state index is 0.392. The van der Waals surface area contributed by atoms with E-state index < -0.39 is 0 Å². The second-order valence-electron chi connectivity index (χ2n) is 3.75. The summed E-state index contributed by atoms with van der Waals surface area (Å²) in [6.07, 6.45) is 1.14. The van der Waals surface area contributed by atoms with Gasteiger partial charge in [0.2, 0.25) is 0 Å². The number of rotatable bonds is 5. The Morgan fingerprint density at radius 3 is 2.73 bits per heavy atom. The van der Waals surface area contributed by atoms with Crippen LogP contribution < -0.4 is 15.8 Å². The van der Waals surface area contributed by atoms with Crippen molar-refractivity contribution >= 4 is 22.4 Å². The minimum atomic E-state index is 0.392. The molecule has 1 aromatic rings. The fourth-order valence-electron chi connectivity index (χ4n) is 1.29. The van der Waals surface area contributed by atoms with Crippen molar-refractivity contribution in [2.45, 2.75) is 33.2 Å². The van der Waals surface area contributed by atoms with Gasteiger partial charge in [-0.2, -0.15) is 4.37 Å². The number of nitrogens with zero attached hydrogens (tertiary/aromatic N) is 1. The number of nitrogen functional groups attached to an aromatic ring is 1. The Morgan fingerprint density at radius 2 is 2.20 bits per heavy atom. The van der Waals surface area contributed by atoms with Crippen LogP contribution in [-0.4, -0.2) is 17.5 Å². The molecule has 0 aliphatic heterocycles. The summed E-state index contributed by atoms with van der Waals surface area (Å²) < 4.78 is 9.25. The summed E-state index contributed by atoms with van der Waals surface area (Å²) in [7, 11) is 1.61. The van der Waals surface area contributed by atoms with Gasteiger partial charge in [0.05, 0.1) is 7.11 Å². The first-order valence-electron chi connectivity index (χ1n) is 5.15. The highest BCUT2D eigenvalue weighted by atomic mass is 32.1. The maximum atomic E-state index is 5.67. The summed E-state index contributed by atoms with van der Waals surface area (Å²) in [5, 5.41) is 4.30. The number of hydrogen-bond acceptors (Lipinski definition) is 5. The van der Waals surface area contributed by atoms with Crippen molar-refractivity contribution in [2.75, 3.05) is 18.2 Å². The van der Waals surface area contributed by atoms with Gasteiger partial charge in [-0.1, -0.05) is 20.3 Å². The lowest BCUT2D eigenvalue weighted by molar-refractivity contribution is 0.417. The highest BCUT2D eigenvalue weighted by molar-refractivity contribution is 7.11. The summed E-state index contributed by atoms with van der Waals surface area (Å²) in [5.41, 5.74) is 5.67. The van der Waals surface area contributed by atoms with Gasteiger partial charge in [0.25, 0.3) is 0 Å². The van der Waals surface area contributed by atoms with Gasteiger partial charge < -0.3 is 15.8 Å². The van der Waals surface area contributed by atoms with Gasteiger partial charge in [-0.3, -0.25) is 0 Å². The quantitative estimate of drug-likeness (QED) is 0.814. The predicted octanol–water partition coefficient (Wildman–Crippen LogP) is 2.58. The van der Waals surface area contributed by atoms with Crippen molar-refractivity contribution in [3.05, 3.63) is 0 Å². The molecular weight excluding hydrogens is 210 g/mol. The second-order valence-corrected chi connectivity index (χ2v) is 4.52. The van der Waals surface area contributed by atoms with Crippen molar-refractivity contribution in [1.82, 2.24) is 4.37 Å². The van der Waals surface area contributed by atoms with Gasteiger partial charge in [0.1, 0.15) is 0 Å². The van der Waals surface area contributed by atoms with E-state index in [1.807, 2.05) is 0 Å². The smallest absolute Gasteiger partial charge is 0.197 e. The molecule has 0 aliphatic carbocycles. The number of methoxy groups -OCH3 is 1. The number of nitrogens with one attached hydrogen (secondary N) is 1. The zero-order valence-electron chi connectivity index (χ0n) is 9.70. The SMILES string of the molecule is CCC(C)C(C)Nc1snc(N)c1OC. The number of aromatic nitrogens is 1. The topological polar surface area (TPSA) is 60.2 Å². The molecule has 5 heteroatoms. The molecule has 0 aromatic carbocycles. The molecule has 1 rings (SSSR count). The fraction of sp³-hybridized carbons (Fsp3) is 0.700. The fourth-order valence-corrected chi connectivity index (χ4v) is 2.07. The van der Waals surface area contributed by atoms with E-state index in [4.69, 9.17) is 10.5 Å². The summed E-state index contributed by atoms with van der Waals surface area (Å²) in [5.74, 6) is 1.73. The van der Waals surface area contributed by atoms with Crippen LogP contribution in [0.2, 0.25) is 0 Å². The monoisotopic (exact) mass is 229 g/mol. The Hall–Kier alpha value is -0.970. The molecule has 15 heavy (non-hydrogen) atoms. The largest absolute Gasteiger partial charge is 0.490 e. The van der Waals surface area contributed by atoms with Crippen molar-refractivity contribution < 1.29 is 4.74 Å². The first-order valence-corrected chi connectivity index (χ1v) is 5.93.